The van der Waals surface area contributed by atoms with Crippen LogP contribution in [0.25, 0.3) is 0 Å². The Morgan fingerprint density at radius 1 is 0.727 bits per heavy atom. The topological polar surface area (TPSA) is 65.4 Å². The first-order valence-corrected chi connectivity index (χ1v) is 19.5. The Bertz CT molecular complexity index is 1840. The molecule has 0 saturated heterocycles. The summed E-state index contributed by atoms with van der Waals surface area (Å²) in [5.74, 6) is -1.42. The standard InChI is InChI=1S/C46H57F3N2O4/c1-32-25-36(15-20-42(32)49)46(53)24-22-39(54-29-34-11-16-37(47)17-12-34)26-41(46)43(51(4)5)44(31-50(2)3)28-40(55-30-35-13-18-38(48)19-14-35)21-23-45(44,52)27-33-9-7-6-8-10-33/h6-20,25,39-41,43,52-53H,21-24,26-31H2,1-5H3. The van der Waals surface area contributed by atoms with Crippen LogP contribution >= 0.6 is 0 Å². The van der Waals surface area contributed by atoms with E-state index in [-0.39, 0.29) is 29.7 Å². The molecular weight excluding hydrogens is 702 g/mol. The molecule has 0 aliphatic heterocycles. The largest absolute Gasteiger partial charge is 0.389 e. The van der Waals surface area contributed by atoms with Crippen LogP contribution in [-0.4, -0.2) is 78.6 Å². The molecule has 2 N–H and O–H groups in total. The Kier molecular flexibility index (Phi) is 12.9. The Labute approximate surface area is 324 Å². The summed E-state index contributed by atoms with van der Waals surface area (Å²) < 4.78 is 55.5. The molecule has 6 nitrogen and oxygen atoms in total. The molecule has 6 rings (SSSR count). The van der Waals surface area contributed by atoms with Crippen molar-refractivity contribution in [3.63, 3.8) is 0 Å². The fourth-order valence-electron chi connectivity index (χ4n) is 9.76. The average Bonchev–Trinajstić information content (AvgIpc) is 3.15. The van der Waals surface area contributed by atoms with Crippen molar-refractivity contribution in [3.05, 3.63) is 142 Å². The second-order valence-corrected chi connectivity index (χ2v) is 16.6. The van der Waals surface area contributed by atoms with E-state index in [2.05, 4.69) is 21.9 Å². The van der Waals surface area contributed by atoms with Gasteiger partial charge in [-0.2, -0.15) is 0 Å². The Hall–Kier alpha value is -3.57. The third kappa shape index (κ3) is 9.19. The summed E-state index contributed by atoms with van der Waals surface area (Å²) in [5.41, 5.74) is 0.347. The number of halogens is 3. The number of nitrogens with zero attached hydrogens (tertiary/aromatic N) is 2. The Morgan fingerprint density at radius 2 is 1.31 bits per heavy atom. The SMILES string of the molecule is Cc1cc(C2(O)CCC(OCc3ccc(F)cc3)CC2C(N(C)C)C2(CN(C)C)CC(OCc3ccc(F)cc3)CCC2(O)Cc2ccccc2)ccc1F. The highest BCUT2D eigenvalue weighted by molar-refractivity contribution is 5.32. The minimum Gasteiger partial charge on any atom is -0.389 e. The van der Waals surface area contributed by atoms with Gasteiger partial charge >= 0.3 is 0 Å². The van der Waals surface area contributed by atoms with Crippen LogP contribution in [0.2, 0.25) is 0 Å². The van der Waals surface area contributed by atoms with Crippen molar-refractivity contribution in [1.82, 2.24) is 9.80 Å². The van der Waals surface area contributed by atoms with Crippen LogP contribution < -0.4 is 0 Å². The molecule has 4 aromatic carbocycles. The van der Waals surface area contributed by atoms with Crippen molar-refractivity contribution < 1.29 is 32.9 Å². The summed E-state index contributed by atoms with van der Waals surface area (Å²) in [4.78, 5) is 4.29. The zero-order valence-corrected chi connectivity index (χ0v) is 32.9. The minimum atomic E-state index is -1.39. The summed E-state index contributed by atoms with van der Waals surface area (Å²) in [6, 6.07) is 27.2. The molecule has 4 aromatic rings. The maximum Gasteiger partial charge on any atom is 0.126 e. The molecule has 0 amide bonds. The first kappa shape index (κ1) is 41.1. The van der Waals surface area contributed by atoms with Gasteiger partial charge in [-0.25, -0.2) is 13.2 Å². The van der Waals surface area contributed by atoms with Crippen LogP contribution in [0.4, 0.5) is 13.2 Å². The van der Waals surface area contributed by atoms with Crippen molar-refractivity contribution in [1.29, 1.82) is 0 Å². The summed E-state index contributed by atoms with van der Waals surface area (Å²) in [5, 5.41) is 26.7. The number of aryl methyl sites for hydroxylation is 1. The molecule has 2 aliphatic rings. The molecule has 7 atom stereocenters. The van der Waals surface area contributed by atoms with Gasteiger partial charge in [0.2, 0.25) is 0 Å². The maximum absolute atomic E-state index is 14.8. The van der Waals surface area contributed by atoms with Gasteiger partial charge in [-0.05, 0) is 132 Å². The van der Waals surface area contributed by atoms with E-state index in [0.29, 0.717) is 75.8 Å². The van der Waals surface area contributed by atoms with Gasteiger partial charge in [-0.1, -0.05) is 66.7 Å². The first-order chi connectivity index (χ1) is 26.2. The Morgan fingerprint density at radius 3 is 1.87 bits per heavy atom. The van der Waals surface area contributed by atoms with E-state index in [1.165, 1.54) is 30.3 Å². The quantitative estimate of drug-likeness (QED) is 0.135. The van der Waals surface area contributed by atoms with E-state index in [4.69, 9.17) is 9.47 Å². The molecule has 2 saturated carbocycles. The molecule has 2 fully saturated rings. The fourth-order valence-corrected chi connectivity index (χ4v) is 9.76. The highest BCUT2D eigenvalue weighted by atomic mass is 19.1. The van der Waals surface area contributed by atoms with Gasteiger partial charge in [0, 0.05) is 30.3 Å². The first-order valence-electron chi connectivity index (χ1n) is 19.5. The number of benzene rings is 4. The van der Waals surface area contributed by atoms with Gasteiger partial charge in [0.15, 0.2) is 0 Å². The van der Waals surface area contributed by atoms with Gasteiger partial charge in [-0.3, -0.25) is 0 Å². The molecule has 9 heteroatoms. The van der Waals surface area contributed by atoms with Crippen molar-refractivity contribution in [3.8, 4) is 0 Å². The zero-order valence-electron chi connectivity index (χ0n) is 32.9. The summed E-state index contributed by atoms with van der Waals surface area (Å²) in [7, 11) is 8.08. The minimum absolute atomic E-state index is 0.237. The number of aliphatic hydroxyl groups is 2. The van der Waals surface area contributed by atoms with Gasteiger partial charge in [-0.15, -0.1) is 0 Å². The van der Waals surface area contributed by atoms with Crippen LogP contribution in [0.1, 0.15) is 66.3 Å². The molecule has 0 spiro atoms. The predicted molar refractivity (Wildman–Crippen MR) is 210 cm³/mol. The normalized spacial score (nSPS) is 27.7. The summed E-state index contributed by atoms with van der Waals surface area (Å²) in [6.07, 6.45) is 2.88. The zero-order chi connectivity index (χ0) is 39.4. The van der Waals surface area contributed by atoms with Crippen molar-refractivity contribution in [2.75, 3.05) is 34.7 Å². The summed E-state index contributed by atoms with van der Waals surface area (Å²) >= 11 is 0. The second kappa shape index (κ2) is 17.3. The lowest BCUT2D eigenvalue weighted by atomic mass is 9.51. The highest BCUT2D eigenvalue weighted by Crippen LogP contribution is 2.57. The number of rotatable bonds is 14. The number of hydrogen-bond acceptors (Lipinski definition) is 6. The third-order valence-corrected chi connectivity index (χ3v) is 12.3. The lowest BCUT2D eigenvalue weighted by Gasteiger charge is -2.62. The predicted octanol–water partition coefficient (Wildman–Crippen LogP) is 8.21. The van der Waals surface area contributed by atoms with Crippen LogP contribution in [-0.2, 0) is 34.7 Å². The maximum atomic E-state index is 14.8. The molecule has 55 heavy (non-hydrogen) atoms. The van der Waals surface area contributed by atoms with E-state index < -0.39 is 28.6 Å². The molecular formula is C46H57F3N2O4. The lowest BCUT2D eigenvalue weighted by Crippen LogP contribution is -2.70. The van der Waals surface area contributed by atoms with Crippen LogP contribution in [0, 0.1) is 35.7 Å². The van der Waals surface area contributed by atoms with E-state index in [0.717, 1.165) is 16.7 Å². The molecule has 2 aliphatic carbocycles. The van der Waals surface area contributed by atoms with Gasteiger partial charge < -0.3 is 29.5 Å². The van der Waals surface area contributed by atoms with E-state index >= 15 is 0 Å². The molecule has 0 heterocycles. The second-order valence-electron chi connectivity index (χ2n) is 16.6. The van der Waals surface area contributed by atoms with Gasteiger partial charge in [0.05, 0.1) is 36.6 Å². The van der Waals surface area contributed by atoms with E-state index in [1.807, 2.05) is 46.4 Å². The summed E-state index contributed by atoms with van der Waals surface area (Å²) in [6.45, 7) is 2.80. The van der Waals surface area contributed by atoms with E-state index in [1.54, 1.807) is 43.3 Å². The average molecular weight is 759 g/mol. The van der Waals surface area contributed by atoms with Crippen LogP contribution in [0.3, 0.4) is 0 Å². The molecule has 296 valence electrons. The van der Waals surface area contributed by atoms with Crippen LogP contribution in [0.5, 0.6) is 0 Å². The molecule has 0 radical (unpaired) electrons. The van der Waals surface area contributed by atoms with E-state index in [9.17, 15) is 23.4 Å². The lowest BCUT2D eigenvalue weighted by molar-refractivity contribution is -0.221. The molecule has 7 unspecified atom stereocenters. The third-order valence-electron chi connectivity index (χ3n) is 12.3. The molecule has 0 bridgehead atoms. The number of hydrogen-bond donors (Lipinski definition) is 2. The van der Waals surface area contributed by atoms with Crippen molar-refractivity contribution in [2.45, 2.75) is 94.5 Å². The van der Waals surface area contributed by atoms with Crippen molar-refractivity contribution in [2.24, 2.45) is 11.3 Å². The van der Waals surface area contributed by atoms with Gasteiger partial charge in [0.25, 0.3) is 0 Å². The van der Waals surface area contributed by atoms with Gasteiger partial charge in [0.1, 0.15) is 17.5 Å². The Balaban J connectivity index is 1.46. The highest BCUT2D eigenvalue weighted by Gasteiger charge is 2.63. The fraction of sp³-hybridized carbons (Fsp3) is 0.478. The monoisotopic (exact) mass is 758 g/mol. The van der Waals surface area contributed by atoms with Crippen molar-refractivity contribution >= 4 is 0 Å². The number of ether oxygens (including phenoxy) is 2. The smallest absolute Gasteiger partial charge is 0.126 e. The molecule has 0 aromatic heterocycles. The van der Waals surface area contributed by atoms with Crippen LogP contribution in [0.15, 0.2) is 97.1 Å².